The first kappa shape index (κ1) is 14.5. The molecule has 9 heteroatoms. The molecule has 0 aromatic heterocycles. The number of benzene rings is 1. The molecular formula is C9H9F2NO5S. The van der Waals surface area contributed by atoms with Gasteiger partial charge in [0.2, 0.25) is 10.0 Å². The van der Waals surface area contributed by atoms with Gasteiger partial charge in [-0.1, -0.05) is 0 Å². The van der Waals surface area contributed by atoms with Gasteiger partial charge >= 0.3 is 5.97 Å². The molecule has 0 aliphatic heterocycles. The first-order valence-electron chi connectivity index (χ1n) is 4.59. The van der Waals surface area contributed by atoms with E-state index < -0.39 is 45.2 Å². The van der Waals surface area contributed by atoms with E-state index in [0.717, 1.165) is 0 Å². The largest absolute Gasteiger partial charge is 0.480 e. The number of aliphatic hydroxyl groups is 1. The molecule has 0 saturated carbocycles. The molecule has 100 valence electrons. The van der Waals surface area contributed by atoms with Gasteiger partial charge < -0.3 is 10.2 Å². The van der Waals surface area contributed by atoms with Crippen LogP contribution in [0.1, 0.15) is 0 Å². The Kier molecular flexibility index (Phi) is 4.33. The second kappa shape index (κ2) is 5.38. The standard InChI is InChI=1S/C9H9F2NO5S/c10-5-1-2-8(6(11)3-5)18(16,17)12-7(4-13)9(14)15/h1-3,7,12-13H,4H2,(H,14,15)/t7-/m1/s1. The van der Waals surface area contributed by atoms with Crippen LogP contribution in [0.3, 0.4) is 0 Å². The summed E-state index contributed by atoms with van der Waals surface area (Å²) in [5.41, 5.74) is 0. The lowest BCUT2D eigenvalue weighted by Gasteiger charge is -2.12. The molecule has 0 amide bonds. The van der Waals surface area contributed by atoms with E-state index in [1.54, 1.807) is 4.72 Å². The monoisotopic (exact) mass is 281 g/mol. The van der Waals surface area contributed by atoms with Crippen LogP contribution < -0.4 is 4.72 Å². The van der Waals surface area contributed by atoms with Crippen LogP contribution in [0.2, 0.25) is 0 Å². The maximum Gasteiger partial charge on any atom is 0.324 e. The smallest absolute Gasteiger partial charge is 0.324 e. The Bertz CT molecular complexity index is 560. The number of carboxylic acids is 1. The van der Waals surface area contributed by atoms with Crippen molar-refractivity contribution in [2.45, 2.75) is 10.9 Å². The zero-order chi connectivity index (χ0) is 13.9. The summed E-state index contributed by atoms with van der Waals surface area (Å²) in [5, 5.41) is 17.2. The number of nitrogens with one attached hydrogen (secondary N) is 1. The molecule has 1 aromatic rings. The molecule has 0 aliphatic carbocycles. The summed E-state index contributed by atoms with van der Waals surface area (Å²) in [7, 11) is -4.50. The molecule has 0 radical (unpaired) electrons. The molecular weight excluding hydrogens is 272 g/mol. The van der Waals surface area contributed by atoms with Gasteiger partial charge in [-0.05, 0) is 12.1 Å². The molecule has 0 unspecified atom stereocenters. The van der Waals surface area contributed by atoms with Gasteiger partial charge in [0.1, 0.15) is 22.6 Å². The van der Waals surface area contributed by atoms with Crippen molar-refractivity contribution in [1.29, 1.82) is 0 Å². The van der Waals surface area contributed by atoms with Gasteiger partial charge in [0.25, 0.3) is 0 Å². The molecule has 0 heterocycles. The fourth-order valence-corrected chi connectivity index (χ4v) is 2.35. The molecule has 0 fully saturated rings. The van der Waals surface area contributed by atoms with E-state index in [1.165, 1.54) is 0 Å². The molecule has 3 N–H and O–H groups in total. The molecule has 1 aromatic carbocycles. The maximum atomic E-state index is 13.2. The molecule has 0 spiro atoms. The van der Waals surface area contributed by atoms with Crippen molar-refractivity contribution in [1.82, 2.24) is 4.72 Å². The third-order valence-electron chi connectivity index (χ3n) is 1.96. The van der Waals surface area contributed by atoms with Crippen LogP contribution in [-0.4, -0.2) is 37.2 Å². The quantitative estimate of drug-likeness (QED) is 0.686. The Morgan fingerprint density at radius 2 is 2.00 bits per heavy atom. The Morgan fingerprint density at radius 1 is 1.39 bits per heavy atom. The van der Waals surface area contributed by atoms with Gasteiger partial charge in [0, 0.05) is 6.07 Å². The second-order valence-corrected chi connectivity index (χ2v) is 4.95. The second-order valence-electron chi connectivity index (χ2n) is 3.27. The highest BCUT2D eigenvalue weighted by Gasteiger charge is 2.27. The van der Waals surface area contributed by atoms with Gasteiger partial charge in [-0.15, -0.1) is 0 Å². The zero-order valence-corrected chi connectivity index (χ0v) is 9.62. The third kappa shape index (κ3) is 3.22. The van der Waals surface area contributed by atoms with E-state index in [2.05, 4.69) is 0 Å². The van der Waals surface area contributed by atoms with Crippen molar-refractivity contribution < 1.29 is 32.2 Å². The van der Waals surface area contributed by atoms with Crippen LogP contribution in [0.4, 0.5) is 8.78 Å². The Balaban J connectivity index is 3.10. The maximum absolute atomic E-state index is 13.2. The van der Waals surface area contributed by atoms with Crippen LogP contribution in [0.15, 0.2) is 23.1 Å². The predicted octanol–water partition coefficient (Wildman–Crippen LogP) is -0.311. The van der Waals surface area contributed by atoms with E-state index in [0.29, 0.717) is 18.2 Å². The molecule has 0 aliphatic rings. The average Bonchev–Trinajstić information content (AvgIpc) is 2.24. The van der Waals surface area contributed by atoms with Crippen molar-refractivity contribution in [2.24, 2.45) is 0 Å². The van der Waals surface area contributed by atoms with Crippen molar-refractivity contribution in [3.8, 4) is 0 Å². The minimum Gasteiger partial charge on any atom is -0.480 e. The fourth-order valence-electron chi connectivity index (χ4n) is 1.11. The van der Waals surface area contributed by atoms with Gasteiger partial charge in [-0.25, -0.2) is 17.2 Å². The predicted molar refractivity (Wildman–Crippen MR) is 55.2 cm³/mol. The first-order valence-corrected chi connectivity index (χ1v) is 6.07. The summed E-state index contributed by atoms with van der Waals surface area (Å²) in [5.74, 6) is -3.95. The van der Waals surface area contributed by atoms with Crippen LogP contribution in [0, 0.1) is 11.6 Å². The summed E-state index contributed by atoms with van der Waals surface area (Å²) in [6.07, 6.45) is 0. The summed E-state index contributed by atoms with van der Waals surface area (Å²) in [4.78, 5) is 9.64. The summed E-state index contributed by atoms with van der Waals surface area (Å²) < 4.78 is 50.6. The minimum atomic E-state index is -4.50. The van der Waals surface area contributed by atoms with Gasteiger partial charge in [-0.3, -0.25) is 4.79 Å². The van der Waals surface area contributed by atoms with Crippen molar-refractivity contribution in [2.75, 3.05) is 6.61 Å². The zero-order valence-electron chi connectivity index (χ0n) is 8.80. The Hall–Kier alpha value is -1.58. The SMILES string of the molecule is O=C(O)[C@@H](CO)NS(=O)(=O)c1ccc(F)cc1F. The number of hydrogen-bond donors (Lipinski definition) is 3. The van der Waals surface area contributed by atoms with E-state index >= 15 is 0 Å². The van der Waals surface area contributed by atoms with Gasteiger partial charge in [0.05, 0.1) is 6.61 Å². The number of aliphatic hydroxyl groups excluding tert-OH is 1. The minimum absolute atomic E-state index is 0.350. The van der Waals surface area contributed by atoms with Crippen LogP contribution in [-0.2, 0) is 14.8 Å². The number of carbonyl (C=O) groups is 1. The topological polar surface area (TPSA) is 104 Å². The van der Waals surface area contributed by atoms with Gasteiger partial charge in [0.15, 0.2) is 0 Å². The lowest BCUT2D eigenvalue weighted by Crippen LogP contribution is -2.43. The van der Waals surface area contributed by atoms with E-state index in [1.807, 2.05) is 0 Å². The fraction of sp³-hybridized carbons (Fsp3) is 0.222. The number of carboxylic acid groups (broad SMARTS) is 1. The lowest BCUT2D eigenvalue weighted by molar-refractivity contribution is -0.139. The van der Waals surface area contributed by atoms with Crippen molar-refractivity contribution in [3.05, 3.63) is 29.8 Å². The number of sulfonamides is 1. The highest BCUT2D eigenvalue weighted by Crippen LogP contribution is 2.15. The lowest BCUT2D eigenvalue weighted by atomic mass is 10.3. The summed E-state index contributed by atoms with van der Waals surface area (Å²) >= 11 is 0. The van der Waals surface area contributed by atoms with E-state index in [9.17, 15) is 22.0 Å². The molecule has 1 rings (SSSR count). The Labute approximate surface area is 101 Å². The van der Waals surface area contributed by atoms with E-state index in [-0.39, 0.29) is 0 Å². The molecule has 18 heavy (non-hydrogen) atoms. The van der Waals surface area contributed by atoms with Crippen LogP contribution in [0.25, 0.3) is 0 Å². The van der Waals surface area contributed by atoms with Crippen LogP contribution >= 0.6 is 0 Å². The van der Waals surface area contributed by atoms with Crippen LogP contribution in [0.5, 0.6) is 0 Å². The average molecular weight is 281 g/mol. The summed E-state index contributed by atoms with van der Waals surface area (Å²) in [6.45, 7) is -1.00. The number of hydrogen-bond acceptors (Lipinski definition) is 4. The molecule has 1 atom stereocenters. The third-order valence-corrected chi connectivity index (χ3v) is 3.47. The first-order chi connectivity index (χ1) is 8.27. The van der Waals surface area contributed by atoms with Gasteiger partial charge in [-0.2, -0.15) is 4.72 Å². The molecule has 6 nitrogen and oxygen atoms in total. The molecule has 0 bridgehead atoms. The number of rotatable bonds is 5. The number of halogens is 2. The normalized spacial score (nSPS) is 13.3. The number of aliphatic carboxylic acids is 1. The Morgan fingerprint density at radius 3 is 2.44 bits per heavy atom. The highest BCUT2D eigenvalue weighted by atomic mass is 32.2. The van der Waals surface area contributed by atoms with Crippen molar-refractivity contribution >= 4 is 16.0 Å². The highest BCUT2D eigenvalue weighted by molar-refractivity contribution is 7.89. The molecule has 0 saturated heterocycles. The van der Waals surface area contributed by atoms with E-state index in [4.69, 9.17) is 10.2 Å². The summed E-state index contributed by atoms with van der Waals surface area (Å²) in [6, 6.07) is -0.0849. The van der Waals surface area contributed by atoms with Crippen molar-refractivity contribution in [3.63, 3.8) is 0 Å².